The summed E-state index contributed by atoms with van der Waals surface area (Å²) in [6.07, 6.45) is 3.23. The molecule has 1 aromatic rings. The molecule has 0 unspecified atom stereocenters. The van der Waals surface area contributed by atoms with E-state index in [0.717, 1.165) is 44.0 Å². The zero-order chi connectivity index (χ0) is 17.5. The average molecular weight is 349 g/mol. The van der Waals surface area contributed by atoms with Gasteiger partial charge in [0.1, 0.15) is 5.75 Å². The van der Waals surface area contributed by atoms with Gasteiger partial charge in [-0.15, -0.1) is 0 Å². The lowest BCUT2D eigenvalue weighted by Gasteiger charge is -2.32. The molecule has 1 aromatic carbocycles. The van der Waals surface area contributed by atoms with Gasteiger partial charge in [-0.3, -0.25) is 10.1 Å². The van der Waals surface area contributed by atoms with Crippen molar-refractivity contribution in [3.05, 3.63) is 29.8 Å². The van der Waals surface area contributed by atoms with E-state index in [-0.39, 0.29) is 5.91 Å². The van der Waals surface area contributed by atoms with Crippen molar-refractivity contribution in [1.82, 2.24) is 10.2 Å². The molecule has 0 aliphatic carbocycles. The smallest absolute Gasteiger partial charge is 0.257 e. The largest absolute Gasteiger partial charge is 0.494 e. The minimum atomic E-state index is -0.173. The molecule has 0 aromatic heterocycles. The van der Waals surface area contributed by atoms with E-state index in [2.05, 4.69) is 31.0 Å². The molecule has 0 atom stereocenters. The maximum absolute atomic E-state index is 12.4. The molecule has 5 heteroatoms. The fourth-order valence-electron chi connectivity index (χ4n) is 2.60. The van der Waals surface area contributed by atoms with Crippen molar-refractivity contribution in [3.63, 3.8) is 0 Å². The first kappa shape index (κ1) is 18.7. The number of piperidine rings is 1. The Kier molecular flexibility index (Phi) is 7.03. The van der Waals surface area contributed by atoms with Crippen molar-refractivity contribution in [2.75, 3.05) is 19.7 Å². The molecular formula is C19H28N2O2S. The first-order valence-electron chi connectivity index (χ1n) is 8.79. The van der Waals surface area contributed by atoms with Crippen LogP contribution >= 0.6 is 12.2 Å². The van der Waals surface area contributed by atoms with Gasteiger partial charge in [0, 0.05) is 18.7 Å². The predicted molar refractivity (Wildman–Crippen MR) is 101 cm³/mol. The molecule has 1 amide bonds. The normalized spacial score (nSPS) is 15.4. The van der Waals surface area contributed by atoms with Gasteiger partial charge in [-0.05, 0) is 61.5 Å². The van der Waals surface area contributed by atoms with Crippen LogP contribution in [-0.4, -0.2) is 35.6 Å². The zero-order valence-corrected chi connectivity index (χ0v) is 15.7. The number of nitrogens with one attached hydrogen (secondary N) is 1. The summed E-state index contributed by atoms with van der Waals surface area (Å²) in [5, 5.41) is 3.37. The van der Waals surface area contributed by atoms with Crippen LogP contribution in [0.3, 0.4) is 0 Å². The van der Waals surface area contributed by atoms with Crippen molar-refractivity contribution in [3.8, 4) is 5.75 Å². The van der Waals surface area contributed by atoms with Crippen LogP contribution < -0.4 is 10.1 Å². The topological polar surface area (TPSA) is 41.6 Å². The number of nitrogens with zero attached hydrogens (tertiary/aromatic N) is 1. The number of likely N-dealkylation sites (tertiary alicyclic amines) is 1. The van der Waals surface area contributed by atoms with Crippen molar-refractivity contribution < 1.29 is 9.53 Å². The third-order valence-corrected chi connectivity index (χ3v) is 4.71. The van der Waals surface area contributed by atoms with E-state index >= 15 is 0 Å². The van der Waals surface area contributed by atoms with Gasteiger partial charge in [0.05, 0.1) is 6.61 Å². The molecule has 1 saturated heterocycles. The SMILES string of the molecule is CC(C)CCOc1cccc(C(=O)NC(=S)N2CCC(C)CC2)c1. The summed E-state index contributed by atoms with van der Waals surface area (Å²) in [6, 6.07) is 7.27. The van der Waals surface area contributed by atoms with Crippen LogP contribution in [0.2, 0.25) is 0 Å². The molecular weight excluding hydrogens is 320 g/mol. The number of amides is 1. The Morgan fingerprint density at radius 2 is 2.08 bits per heavy atom. The Balaban J connectivity index is 1.88. The minimum absolute atomic E-state index is 0.173. The van der Waals surface area contributed by atoms with Crippen LogP contribution in [0.15, 0.2) is 24.3 Å². The summed E-state index contributed by atoms with van der Waals surface area (Å²) in [5.41, 5.74) is 0.574. The second-order valence-corrected chi connectivity index (χ2v) is 7.37. The van der Waals surface area contributed by atoms with Gasteiger partial charge in [-0.25, -0.2) is 0 Å². The van der Waals surface area contributed by atoms with Crippen LogP contribution in [0.4, 0.5) is 0 Å². The minimum Gasteiger partial charge on any atom is -0.494 e. The lowest BCUT2D eigenvalue weighted by atomic mass is 10.00. The molecule has 2 rings (SSSR count). The van der Waals surface area contributed by atoms with E-state index in [4.69, 9.17) is 17.0 Å². The van der Waals surface area contributed by atoms with Crippen LogP contribution in [0, 0.1) is 11.8 Å². The molecule has 0 radical (unpaired) electrons. The van der Waals surface area contributed by atoms with Crippen molar-refractivity contribution in [2.45, 2.75) is 40.0 Å². The van der Waals surface area contributed by atoms with E-state index in [0.29, 0.717) is 23.2 Å². The Bertz CT molecular complexity index is 566. The molecule has 1 aliphatic heterocycles. The lowest BCUT2D eigenvalue weighted by molar-refractivity contribution is 0.0971. The highest BCUT2D eigenvalue weighted by Crippen LogP contribution is 2.17. The number of benzene rings is 1. The van der Waals surface area contributed by atoms with Crippen molar-refractivity contribution >= 4 is 23.2 Å². The molecule has 4 nitrogen and oxygen atoms in total. The summed E-state index contributed by atoms with van der Waals surface area (Å²) in [4.78, 5) is 14.5. The number of carbonyl (C=O) groups is 1. The van der Waals surface area contributed by atoms with Gasteiger partial charge in [-0.2, -0.15) is 0 Å². The van der Waals surface area contributed by atoms with Gasteiger partial charge >= 0.3 is 0 Å². The first-order valence-corrected chi connectivity index (χ1v) is 9.19. The summed E-state index contributed by atoms with van der Waals surface area (Å²) >= 11 is 5.38. The third-order valence-electron chi connectivity index (χ3n) is 4.35. The Morgan fingerprint density at radius 1 is 1.38 bits per heavy atom. The summed E-state index contributed by atoms with van der Waals surface area (Å²) in [6.45, 7) is 9.07. The van der Waals surface area contributed by atoms with E-state index in [9.17, 15) is 4.79 Å². The number of thiocarbonyl (C=S) groups is 1. The highest BCUT2D eigenvalue weighted by molar-refractivity contribution is 7.80. The lowest BCUT2D eigenvalue weighted by Crippen LogP contribution is -2.46. The fraction of sp³-hybridized carbons (Fsp3) is 0.579. The highest BCUT2D eigenvalue weighted by atomic mass is 32.1. The van der Waals surface area contributed by atoms with Crippen LogP contribution in [-0.2, 0) is 0 Å². The first-order chi connectivity index (χ1) is 11.5. The van der Waals surface area contributed by atoms with Crippen LogP contribution in [0.25, 0.3) is 0 Å². The predicted octanol–water partition coefficient (Wildman–Crippen LogP) is 3.86. The van der Waals surface area contributed by atoms with Gasteiger partial charge in [-0.1, -0.05) is 26.8 Å². The highest BCUT2D eigenvalue weighted by Gasteiger charge is 2.19. The Hall–Kier alpha value is -1.62. The zero-order valence-electron chi connectivity index (χ0n) is 14.9. The molecule has 0 bridgehead atoms. The molecule has 1 N–H and O–H groups in total. The summed E-state index contributed by atoms with van der Waals surface area (Å²) in [7, 11) is 0. The molecule has 0 spiro atoms. The van der Waals surface area contributed by atoms with Gasteiger partial charge in [0.25, 0.3) is 5.91 Å². The van der Waals surface area contributed by atoms with E-state index in [1.54, 1.807) is 12.1 Å². The molecule has 24 heavy (non-hydrogen) atoms. The molecule has 0 saturated carbocycles. The van der Waals surface area contributed by atoms with E-state index < -0.39 is 0 Å². The van der Waals surface area contributed by atoms with E-state index in [1.807, 2.05) is 12.1 Å². The maximum Gasteiger partial charge on any atom is 0.257 e. The van der Waals surface area contributed by atoms with Crippen LogP contribution in [0.1, 0.15) is 50.4 Å². The van der Waals surface area contributed by atoms with E-state index in [1.165, 1.54) is 0 Å². The number of ether oxygens (including phenoxy) is 1. The fourth-order valence-corrected chi connectivity index (χ4v) is 2.87. The number of hydrogen-bond acceptors (Lipinski definition) is 3. The molecule has 1 aliphatic rings. The maximum atomic E-state index is 12.4. The Labute approximate surface area is 150 Å². The standard InChI is InChI=1S/C19H28N2O2S/c1-14(2)9-12-23-17-6-4-5-16(13-17)18(22)20-19(24)21-10-7-15(3)8-11-21/h4-6,13-15H,7-12H2,1-3H3,(H,20,22,24). The molecule has 132 valence electrons. The van der Waals surface area contributed by atoms with Crippen LogP contribution in [0.5, 0.6) is 5.75 Å². The van der Waals surface area contributed by atoms with Crippen molar-refractivity contribution in [2.24, 2.45) is 11.8 Å². The van der Waals surface area contributed by atoms with Gasteiger partial charge in [0.15, 0.2) is 5.11 Å². The second kappa shape index (κ2) is 9.02. The number of carbonyl (C=O) groups excluding carboxylic acids is 1. The monoisotopic (exact) mass is 348 g/mol. The molecule has 1 fully saturated rings. The quantitative estimate of drug-likeness (QED) is 0.821. The average Bonchev–Trinajstić information content (AvgIpc) is 2.55. The summed E-state index contributed by atoms with van der Waals surface area (Å²) < 4.78 is 5.72. The van der Waals surface area contributed by atoms with Gasteiger partial charge in [0.2, 0.25) is 0 Å². The van der Waals surface area contributed by atoms with Gasteiger partial charge < -0.3 is 9.64 Å². The Morgan fingerprint density at radius 3 is 2.75 bits per heavy atom. The second-order valence-electron chi connectivity index (χ2n) is 6.99. The third kappa shape index (κ3) is 5.78. The molecule has 1 heterocycles. The number of rotatable bonds is 5. The summed E-state index contributed by atoms with van der Waals surface area (Å²) in [5.74, 6) is 1.88. The van der Waals surface area contributed by atoms with Crippen molar-refractivity contribution in [1.29, 1.82) is 0 Å². The number of hydrogen-bond donors (Lipinski definition) is 1.